The molecule has 0 aliphatic rings. The molecule has 1 heterocycles. The van der Waals surface area contributed by atoms with Crippen LogP contribution in [-0.2, 0) is 6.42 Å². The maximum Gasteiger partial charge on any atom is 0.311 e. The van der Waals surface area contributed by atoms with Gasteiger partial charge < -0.3 is 4.74 Å². The molecular formula is C12H9ClFN3O3. The second-order valence-electron chi connectivity index (χ2n) is 3.81. The molecular weight excluding hydrogens is 289 g/mol. The molecule has 2 rings (SSSR count). The number of halogens is 2. The lowest BCUT2D eigenvalue weighted by Gasteiger charge is -2.07. The zero-order valence-electron chi connectivity index (χ0n) is 10.3. The lowest BCUT2D eigenvalue weighted by molar-refractivity contribution is -0.385. The molecule has 0 aliphatic carbocycles. The molecule has 0 aliphatic heterocycles. The van der Waals surface area contributed by atoms with Crippen molar-refractivity contribution in [2.24, 2.45) is 0 Å². The van der Waals surface area contributed by atoms with E-state index in [9.17, 15) is 14.5 Å². The highest BCUT2D eigenvalue weighted by atomic mass is 35.5. The summed E-state index contributed by atoms with van der Waals surface area (Å²) in [6.45, 7) is 1.86. The zero-order chi connectivity index (χ0) is 14.7. The van der Waals surface area contributed by atoms with Crippen molar-refractivity contribution in [3.63, 3.8) is 0 Å². The van der Waals surface area contributed by atoms with E-state index in [1.54, 1.807) is 6.07 Å². The summed E-state index contributed by atoms with van der Waals surface area (Å²) < 4.78 is 18.6. The van der Waals surface area contributed by atoms with Gasteiger partial charge in [-0.15, -0.1) is 0 Å². The predicted octanol–water partition coefficient (Wildman–Crippen LogP) is 3.53. The molecule has 0 radical (unpaired) electrons. The fraction of sp³-hybridized carbons (Fsp3) is 0.167. The molecule has 104 valence electrons. The largest absolute Gasteiger partial charge is 0.429 e. The third-order valence-corrected chi connectivity index (χ3v) is 2.70. The fourth-order valence-corrected chi connectivity index (χ4v) is 1.64. The molecule has 0 fully saturated rings. The van der Waals surface area contributed by atoms with Crippen LogP contribution < -0.4 is 4.74 Å². The summed E-state index contributed by atoms with van der Waals surface area (Å²) >= 11 is 5.53. The number of hydrogen-bond acceptors (Lipinski definition) is 5. The van der Waals surface area contributed by atoms with Crippen LogP contribution in [0, 0.1) is 15.9 Å². The molecule has 0 saturated heterocycles. The Labute approximate surface area is 118 Å². The first-order valence-corrected chi connectivity index (χ1v) is 6.02. The number of benzene rings is 1. The van der Waals surface area contributed by atoms with E-state index in [2.05, 4.69) is 9.97 Å². The number of rotatable bonds is 4. The molecule has 0 bridgehead atoms. The number of aryl methyl sites for hydroxylation is 1. The second-order valence-corrected chi connectivity index (χ2v) is 4.14. The monoisotopic (exact) mass is 297 g/mol. The zero-order valence-corrected chi connectivity index (χ0v) is 11.1. The highest BCUT2D eigenvalue weighted by molar-refractivity contribution is 6.28. The van der Waals surface area contributed by atoms with Gasteiger partial charge in [-0.1, -0.05) is 13.0 Å². The molecule has 2 aromatic rings. The van der Waals surface area contributed by atoms with Gasteiger partial charge in [0.2, 0.25) is 16.9 Å². The van der Waals surface area contributed by atoms with Crippen molar-refractivity contribution < 1.29 is 14.1 Å². The van der Waals surface area contributed by atoms with Crippen molar-refractivity contribution in [1.29, 1.82) is 0 Å². The van der Waals surface area contributed by atoms with Gasteiger partial charge in [0.25, 0.3) is 5.88 Å². The molecule has 0 atom stereocenters. The number of aromatic nitrogens is 2. The molecule has 6 nitrogen and oxygen atoms in total. The van der Waals surface area contributed by atoms with E-state index in [1.165, 1.54) is 12.1 Å². The maximum atomic E-state index is 13.5. The smallest absolute Gasteiger partial charge is 0.311 e. The van der Waals surface area contributed by atoms with E-state index in [1.807, 2.05) is 6.92 Å². The summed E-state index contributed by atoms with van der Waals surface area (Å²) in [5.41, 5.74) is 0.503. The molecule has 8 heteroatoms. The Morgan fingerprint density at radius 1 is 1.50 bits per heavy atom. The van der Waals surface area contributed by atoms with E-state index < -0.39 is 16.6 Å². The minimum Gasteiger partial charge on any atom is -0.429 e. The number of ether oxygens (including phenoxy) is 1. The van der Waals surface area contributed by atoms with Crippen molar-refractivity contribution in [2.75, 3.05) is 0 Å². The van der Waals surface area contributed by atoms with Crippen LogP contribution >= 0.6 is 11.6 Å². The van der Waals surface area contributed by atoms with E-state index in [0.29, 0.717) is 6.42 Å². The van der Waals surface area contributed by atoms with Crippen LogP contribution in [-0.4, -0.2) is 14.9 Å². The van der Waals surface area contributed by atoms with Crippen molar-refractivity contribution in [3.8, 4) is 11.6 Å². The Balaban J connectivity index is 2.42. The lowest BCUT2D eigenvalue weighted by Crippen LogP contribution is -1.98. The van der Waals surface area contributed by atoms with Gasteiger partial charge >= 0.3 is 5.69 Å². The van der Waals surface area contributed by atoms with Crippen LogP contribution in [0.25, 0.3) is 0 Å². The Morgan fingerprint density at radius 3 is 2.90 bits per heavy atom. The summed E-state index contributed by atoms with van der Waals surface area (Å²) in [6, 6.07) is 4.42. The van der Waals surface area contributed by atoms with Crippen LogP contribution in [0.4, 0.5) is 10.1 Å². The maximum absolute atomic E-state index is 13.5. The van der Waals surface area contributed by atoms with Gasteiger partial charge in [-0.2, -0.15) is 9.37 Å². The molecule has 1 aromatic heterocycles. The molecule has 0 unspecified atom stereocenters. The Bertz CT molecular complexity index is 666. The highest BCUT2D eigenvalue weighted by Gasteiger charge is 2.19. The van der Waals surface area contributed by atoms with E-state index >= 15 is 0 Å². The van der Waals surface area contributed by atoms with Crippen LogP contribution in [0.15, 0.2) is 24.4 Å². The lowest BCUT2D eigenvalue weighted by atomic mass is 10.1. The van der Waals surface area contributed by atoms with Crippen LogP contribution in [0.5, 0.6) is 11.6 Å². The minimum atomic E-state index is -0.858. The standard InChI is InChI=1S/C12H9ClFN3O3/c1-2-7-3-4-10(9(5-7)17(18)19)20-11-8(14)6-15-12(13)16-11/h3-6H,2H2,1H3. The molecule has 0 spiro atoms. The van der Waals surface area contributed by atoms with Gasteiger partial charge in [0.05, 0.1) is 11.1 Å². The minimum absolute atomic E-state index is 0.110. The van der Waals surface area contributed by atoms with E-state index in [4.69, 9.17) is 16.3 Å². The first-order chi connectivity index (χ1) is 9.51. The summed E-state index contributed by atoms with van der Waals surface area (Å²) in [5.74, 6) is -1.43. The SMILES string of the molecule is CCc1ccc(Oc2nc(Cl)ncc2F)c([N+](=O)[O-])c1. The van der Waals surface area contributed by atoms with E-state index in [0.717, 1.165) is 11.8 Å². The normalized spacial score (nSPS) is 10.3. The first-order valence-electron chi connectivity index (χ1n) is 5.64. The molecule has 0 amide bonds. The Hall–Kier alpha value is -2.28. The second kappa shape index (κ2) is 5.79. The van der Waals surface area contributed by atoms with Crippen LogP contribution in [0.1, 0.15) is 12.5 Å². The van der Waals surface area contributed by atoms with E-state index in [-0.39, 0.29) is 16.7 Å². The van der Waals surface area contributed by atoms with Crippen molar-refractivity contribution in [3.05, 3.63) is 51.2 Å². The Morgan fingerprint density at radius 2 is 2.25 bits per heavy atom. The van der Waals surface area contributed by atoms with Gasteiger partial charge in [0.1, 0.15) is 0 Å². The van der Waals surface area contributed by atoms with Gasteiger partial charge in [0.15, 0.2) is 0 Å². The van der Waals surface area contributed by atoms with Crippen molar-refractivity contribution in [2.45, 2.75) is 13.3 Å². The predicted molar refractivity (Wildman–Crippen MR) is 69.5 cm³/mol. The first kappa shape index (κ1) is 14.1. The number of nitro benzene ring substituents is 1. The summed E-state index contributed by atoms with van der Waals surface area (Å²) in [7, 11) is 0. The molecule has 0 N–H and O–H groups in total. The fourth-order valence-electron chi connectivity index (χ4n) is 1.52. The quantitative estimate of drug-likeness (QED) is 0.490. The summed E-state index contributed by atoms with van der Waals surface area (Å²) in [6.07, 6.45) is 1.46. The Kier molecular flexibility index (Phi) is 4.09. The highest BCUT2D eigenvalue weighted by Crippen LogP contribution is 2.32. The average Bonchev–Trinajstić information content (AvgIpc) is 2.43. The summed E-state index contributed by atoms with van der Waals surface area (Å²) in [5, 5.41) is 10.8. The molecule has 0 saturated carbocycles. The average molecular weight is 298 g/mol. The molecule has 20 heavy (non-hydrogen) atoms. The topological polar surface area (TPSA) is 78.2 Å². The number of nitro groups is 1. The van der Waals surface area contributed by atoms with Crippen molar-refractivity contribution >= 4 is 17.3 Å². The third kappa shape index (κ3) is 3.00. The number of hydrogen-bond donors (Lipinski definition) is 0. The number of nitrogens with zero attached hydrogens (tertiary/aromatic N) is 3. The van der Waals surface area contributed by atoms with Crippen LogP contribution in [0.3, 0.4) is 0 Å². The van der Waals surface area contributed by atoms with Crippen LogP contribution in [0.2, 0.25) is 5.28 Å². The third-order valence-electron chi connectivity index (χ3n) is 2.52. The van der Waals surface area contributed by atoms with Crippen molar-refractivity contribution in [1.82, 2.24) is 9.97 Å². The van der Waals surface area contributed by atoms with Gasteiger partial charge in [-0.05, 0) is 29.7 Å². The van der Waals surface area contributed by atoms with Gasteiger partial charge in [-0.3, -0.25) is 10.1 Å². The van der Waals surface area contributed by atoms with Gasteiger partial charge in [0, 0.05) is 6.07 Å². The molecule has 1 aromatic carbocycles. The van der Waals surface area contributed by atoms with Gasteiger partial charge in [-0.25, -0.2) is 4.98 Å². The summed E-state index contributed by atoms with van der Waals surface area (Å²) in [4.78, 5) is 17.4.